The third kappa shape index (κ3) is 4.15. The number of hydrogen-bond acceptors (Lipinski definition) is 6. The molecule has 8 heteroatoms. The van der Waals surface area contributed by atoms with E-state index in [-0.39, 0.29) is 22.8 Å². The third-order valence-corrected chi connectivity index (χ3v) is 4.89. The molecule has 1 N–H and O–H groups in total. The number of methoxy groups -OCH3 is 1. The second-order valence-electron chi connectivity index (χ2n) is 4.92. The van der Waals surface area contributed by atoms with Crippen molar-refractivity contribution in [2.45, 2.75) is 11.5 Å². The average Bonchev–Trinajstić information content (AvgIpc) is 2.65. The number of hydrogen-bond donors (Lipinski definition) is 1. The predicted octanol–water partition coefficient (Wildman–Crippen LogP) is 1.83. The highest BCUT2D eigenvalue weighted by Crippen LogP contribution is 2.25. The fourth-order valence-electron chi connectivity index (χ4n) is 2.11. The van der Waals surface area contributed by atoms with Gasteiger partial charge in [-0.1, -0.05) is 18.2 Å². The maximum Gasteiger partial charge on any atom is 0.338 e. The van der Waals surface area contributed by atoms with Crippen LogP contribution >= 0.6 is 0 Å². The van der Waals surface area contributed by atoms with E-state index in [0.29, 0.717) is 11.1 Å². The molecule has 0 unspecified atom stereocenters. The van der Waals surface area contributed by atoms with Gasteiger partial charge in [-0.2, -0.15) is 5.26 Å². The van der Waals surface area contributed by atoms with Crippen molar-refractivity contribution in [3.63, 3.8) is 0 Å². The van der Waals surface area contributed by atoms with Crippen molar-refractivity contribution < 1.29 is 22.7 Å². The lowest BCUT2D eigenvalue weighted by Gasteiger charge is -2.11. The lowest BCUT2D eigenvalue weighted by molar-refractivity contribution is 0.0472. The Morgan fingerprint density at radius 3 is 2.60 bits per heavy atom. The molecule has 0 heterocycles. The molecule has 0 atom stereocenters. The second-order valence-corrected chi connectivity index (χ2v) is 6.77. The number of carbonyl (C=O) groups is 1. The molecule has 0 fully saturated rings. The molecule has 0 bridgehead atoms. The Labute approximate surface area is 145 Å². The molecule has 25 heavy (non-hydrogen) atoms. The first-order valence-corrected chi connectivity index (χ1v) is 8.68. The van der Waals surface area contributed by atoms with Crippen molar-refractivity contribution in [3.8, 4) is 11.8 Å². The molecular weight excluding hydrogens is 344 g/mol. The Balaban J connectivity index is 2.25. The van der Waals surface area contributed by atoms with Crippen LogP contribution in [0.15, 0.2) is 47.4 Å². The van der Waals surface area contributed by atoms with E-state index >= 15 is 0 Å². The van der Waals surface area contributed by atoms with Crippen molar-refractivity contribution >= 4 is 16.0 Å². The summed E-state index contributed by atoms with van der Waals surface area (Å²) < 4.78 is 36.5. The van der Waals surface area contributed by atoms with Gasteiger partial charge in [-0.25, -0.2) is 17.9 Å². The molecule has 0 saturated carbocycles. The summed E-state index contributed by atoms with van der Waals surface area (Å²) >= 11 is 0. The number of nitriles is 1. The number of benzene rings is 2. The number of sulfonamides is 1. The summed E-state index contributed by atoms with van der Waals surface area (Å²) in [6, 6.07) is 12.7. The molecule has 0 amide bonds. The second kappa shape index (κ2) is 7.79. The minimum absolute atomic E-state index is 0.0593. The van der Waals surface area contributed by atoms with Crippen molar-refractivity contribution in [1.82, 2.24) is 4.72 Å². The van der Waals surface area contributed by atoms with Crippen LogP contribution in [0.25, 0.3) is 0 Å². The van der Waals surface area contributed by atoms with Gasteiger partial charge >= 0.3 is 5.97 Å². The van der Waals surface area contributed by atoms with Crippen LogP contribution < -0.4 is 9.46 Å². The zero-order chi connectivity index (χ0) is 18.4. The molecule has 2 aromatic carbocycles. The van der Waals surface area contributed by atoms with Crippen molar-refractivity contribution in [1.29, 1.82) is 5.26 Å². The van der Waals surface area contributed by atoms with Crippen LogP contribution in [-0.2, 0) is 21.4 Å². The summed E-state index contributed by atoms with van der Waals surface area (Å²) in [6.45, 7) is -0.0945. The van der Waals surface area contributed by atoms with Gasteiger partial charge in [0.2, 0.25) is 10.0 Å². The molecular formula is C17H16N2O5S. The molecule has 2 rings (SSSR count). The van der Waals surface area contributed by atoms with Gasteiger partial charge in [0, 0.05) is 5.56 Å². The van der Waals surface area contributed by atoms with Crippen LogP contribution in [0.3, 0.4) is 0 Å². The van der Waals surface area contributed by atoms with E-state index < -0.39 is 16.0 Å². The largest absolute Gasteiger partial charge is 0.495 e. The van der Waals surface area contributed by atoms with Gasteiger partial charge in [-0.3, -0.25) is 0 Å². The quantitative estimate of drug-likeness (QED) is 0.788. The molecule has 0 saturated heterocycles. The first kappa shape index (κ1) is 18.4. The van der Waals surface area contributed by atoms with E-state index in [0.717, 1.165) is 0 Å². The SMILES string of the molecule is CNS(=O)(=O)c1cc(C(=O)OCc2ccccc2C#N)ccc1OC. The molecule has 0 radical (unpaired) electrons. The van der Waals surface area contributed by atoms with Gasteiger partial charge in [-0.15, -0.1) is 0 Å². The number of nitrogens with zero attached hydrogens (tertiary/aromatic N) is 1. The first-order valence-electron chi connectivity index (χ1n) is 7.19. The summed E-state index contributed by atoms with van der Waals surface area (Å²) in [5.41, 5.74) is 1.03. The Bertz CT molecular complexity index is 932. The fourth-order valence-corrected chi connectivity index (χ4v) is 3.02. The van der Waals surface area contributed by atoms with E-state index in [1.165, 1.54) is 32.4 Å². The maximum absolute atomic E-state index is 12.2. The van der Waals surface area contributed by atoms with E-state index in [9.17, 15) is 13.2 Å². The first-order chi connectivity index (χ1) is 11.9. The third-order valence-electron chi connectivity index (χ3n) is 3.45. The van der Waals surface area contributed by atoms with Crippen LogP contribution in [0, 0.1) is 11.3 Å². The fraction of sp³-hybridized carbons (Fsp3) is 0.176. The summed E-state index contributed by atoms with van der Waals surface area (Å²) in [7, 11) is -1.20. The van der Waals surface area contributed by atoms with Gasteiger partial charge < -0.3 is 9.47 Å². The van der Waals surface area contributed by atoms with Crippen molar-refractivity contribution in [2.75, 3.05) is 14.2 Å². The van der Waals surface area contributed by atoms with Crippen LogP contribution in [0.4, 0.5) is 0 Å². The normalized spacial score (nSPS) is 10.8. The molecule has 2 aromatic rings. The van der Waals surface area contributed by atoms with Crippen LogP contribution in [0.1, 0.15) is 21.5 Å². The van der Waals surface area contributed by atoms with E-state index in [4.69, 9.17) is 14.7 Å². The Morgan fingerprint density at radius 2 is 1.96 bits per heavy atom. The van der Waals surface area contributed by atoms with Gasteiger partial charge in [0.1, 0.15) is 17.3 Å². The van der Waals surface area contributed by atoms with Crippen LogP contribution in [0.5, 0.6) is 5.75 Å². The van der Waals surface area contributed by atoms with Gasteiger partial charge in [0.05, 0.1) is 24.3 Å². The molecule has 130 valence electrons. The summed E-state index contributed by atoms with van der Waals surface area (Å²) in [6.07, 6.45) is 0. The molecule has 0 spiro atoms. The van der Waals surface area contributed by atoms with Gasteiger partial charge in [0.25, 0.3) is 0 Å². The van der Waals surface area contributed by atoms with Gasteiger partial charge in [0.15, 0.2) is 0 Å². The Hall–Kier alpha value is -2.89. The number of carbonyl (C=O) groups excluding carboxylic acids is 1. The van der Waals surface area contributed by atoms with Crippen LogP contribution in [-0.4, -0.2) is 28.5 Å². The monoisotopic (exact) mass is 360 g/mol. The van der Waals surface area contributed by atoms with Crippen molar-refractivity contribution in [2.24, 2.45) is 0 Å². The van der Waals surface area contributed by atoms with E-state index in [1.54, 1.807) is 24.3 Å². The molecule has 0 aliphatic heterocycles. The lowest BCUT2D eigenvalue weighted by atomic mass is 10.1. The standard InChI is InChI=1S/C17H16N2O5S/c1-19-25(21,22)16-9-12(7-8-15(16)23-2)17(20)24-11-14-6-4-3-5-13(14)10-18/h3-9,19H,11H2,1-2H3. The average molecular weight is 360 g/mol. The highest BCUT2D eigenvalue weighted by Gasteiger charge is 2.20. The summed E-state index contributed by atoms with van der Waals surface area (Å²) in [5, 5.41) is 9.03. The Kier molecular flexibility index (Phi) is 5.75. The van der Waals surface area contributed by atoms with E-state index in [2.05, 4.69) is 4.72 Å². The number of nitrogens with one attached hydrogen (secondary N) is 1. The molecule has 0 aromatic heterocycles. The molecule has 7 nitrogen and oxygen atoms in total. The van der Waals surface area contributed by atoms with E-state index in [1.807, 2.05) is 6.07 Å². The topological polar surface area (TPSA) is 105 Å². The number of ether oxygens (including phenoxy) is 2. The highest BCUT2D eigenvalue weighted by molar-refractivity contribution is 7.89. The van der Waals surface area contributed by atoms with Crippen molar-refractivity contribution in [3.05, 3.63) is 59.2 Å². The minimum Gasteiger partial charge on any atom is -0.495 e. The zero-order valence-electron chi connectivity index (χ0n) is 13.6. The van der Waals surface area contributed by atoms with Gasteiger partial charge in [-0.05, 0) is 31.3 Å². The number of esters is 1. The summed E-state index contributed by atoms with van der Waals surface area (Å²) in [4.78, 5) is 12.1. The number of rotatable bonds is 6. The summed E-state index contributed by atoms with van der Waals surface area (Å²) in [5.74, 6) is -0.594. The molecule has 0 aliphatic carbocycles. The predicted molar refractivity (Wildman–Crippen MR) is 89.5 cm³/mol. The minimum atomic E-state index is -3.80. The highest BCUT2D eigenvalue weighted by atomic mass is 32.2. The molecule has 0 aliphatic rings. The maximum atomic E-state index is 12.2. The Morgan fingerprint density at radius 1 is 1.24 bits per heavy atom. The lowest BCUT2D eigenvalue weighted by Crippen LogP contribution is -2.20. The zero-order valence-corrected chi connectivity index (χ0v) is 14.5. The smallest absolute Gasteiger partial charge is 0.338 e. The van der Waals surface area contributed by atoms with Crippen LogP contribution in [0.2, 0.25) is 0 Å².